The van der Waals surface area contributed by atoms with Crippen LogP contribution in [0.25, 0.3) is 0 Å². The van der Waals surface area contributed by atoms with Gasteiger partial charge in [0.25, 0.3) is 0 Å². The maximum absolute atomic E-state index is 11.2. The molecule has 0 saturated carbocycles. The van der Waals surface area contributed by atoms with Crippen molar-refractivity contribution in [3.8, 4) is 0 Å². The number of primary amides is 1. The van der Waals surface area contributed by atoms with E-state index in [0.717, 1.165) is 0 Å². The fourth-order valence-corrected chi connectivity index (χ4v) is 1.61. The van der Waals surface area contributed by atoms with E-state index in [-0.39, 0.29) is 16.5 Å². The lowest BCUT2D eigenvalue weighted by atomic mass is 9.82. The van der Waals surface area contributed by atoms with Crippen LogP contribution in [0.2, 0.25) is 0 Å². The summed E-state index contributed by atoms with van der Waals surface area (Å²) in [6.45, 7) is 5.67. The van der Waals surface area contributed by atoms with Crippen molar-refractivity contribution in [2.75, 3.05) is 0 Å². The van der Waals surface area contributed by atoms with Crippen LogP contribution in [-0.2, 0) is 5.41 Å². The summed E-state index contributed by atoms with van der Waals surface area (Å²) in [5.74, 6) is -1.84. The average Bonchev–Trinajstić information content (AvgIpc) is 2.14. The minimum atomic E-state index is -1.13. The maximum atomic E-state index is 11.2. The lowest BCUT2D eigenvalue weighted by Crippen LogP contribution is -2.22. The Morgan fingerprint density at radius 1 is 1.25 bits per heavy atom. The summed E-state index contributed by atoms with van der Waals surface area (Å²) in [5.41, 5.74) is 5.48. The van der Waals surface area contributed by atoms with Crippen LogP contribution in [0.3, 0.4) is 0 Å². The van der Waals surface area contributed by atoms with Gasteiger partial charge in [-0.25, -0.2) is 4.79 Å². The Labute approximate surface area is 94.1 Å². The zero-order valence-electron chi connectivity index (χ0n) is 9.57. The Balaban J connectivity index is 3.58. The topological polar surface area (TPSA) is 80.4 Å². The highest BCUT2D eigenvalue weighted by atomic mass is 16.4. The Morgan fingerprint density at radius 2 is 1.81 bits per heavy atom. The molecule has 0 unspecified atom stereocenters. The van der Waals surface area contributed by atoms with Gasteiger partial charge in [0.1, 0.15) is 0 Å². The number of hydrogen-bond donors (Lipinski definition) is 2. The van der Waals surface area contributed by atoms with Crippen LogP contribution in [0.15, 0.2) is 18.2 Å². The van der Waals surface area contributed by atoms with Gasteiger partial charge in [0.2, 0.25) is 5.91 Å². The van der Waals surface area contributed by atoms with Crippen molar-refractivity contribution in [1.29, 1.82) is 0 Å². The van der Waals surface area contributed by atoms with Gasteiger partial charge in [-0.3, -0.25) is 4.79 Å². The second-order valence-electron chi connectivity index (χ2n) is 4.65. The van der Waals surface area contributed by atoms with E-state index < -0.39 is 11.9 Å². The zero-order chi connectivity index (χ0) is 12.5. The highest BCUT2D eigenvalue weighted by Crippen LogP contribution is 2.27. The molecule has 0 heterocycles. The third-order valence-electron chi connectivity index (χ3n) is 2.35. The number of carboxylic acids is 1. The molecule has 0 aromatic heterocycles. The van der Waals surface area contributed by atoms with Gasteiger partial charge in [0, 0.05) is 0 Å². The molecule has 4 heteroatoms. The van der Waals surface area contributed by atoms with Gasteiger partial charge in [-0.1, -0.05) is 32.9 Å². The van der Waals surface area contributed by atoms with Crippen molar-refractivity contribution in [1.82, 2.24) is 0 Å². The normalized spacial score (nSPS) is 11.2. The van der Waals surface area contributed by atoms with Crippen molar-refractivity contribution in [3.63, 3.8) is 0 Å². The lowest BCUT2D eigenvalue weighted by molar-refractivity contribution is 0.0689. The second kappa shape index (κ2) is 3.96. The third-order valence-corrected chi connectivity index (χ3v) is 2.35. The predicted molar refractivity (Wildman–Crippen MR) is 60.6 cm³/mol. The van der Waals surface area contributed by atoms with E-state index in [0.29, 0.717) is 5.56 Å². The van der Waals surface area contributed by atoms with Gasteiger partial charge in [0.15, 0.2) is 0 Å². The maximum Gasteiger partial charge on any atom is 0.336 e. The molecule has 86 valence electrons. The number of amides is 1. The molecule has 1 aromatic carbocycles. The molecule has 0 spiro atoms. The Bertz CT molecular complexity index is 444. The number of carboxylic acid groups (broad SMARTS) is 1. The first kappa shape index (κ1) is 12.2. The number of benzene rings is 1. The summed E-state index contributed by atoms with van der Waals surface area (Å²) < 4.78 is 0. The molecule has 0 radical (unpaired) electrons. The van der Waals surface area contributed by atoms with Crippen LogP contribution >= 0.6 is 0 Å². The standard InChI is InChI=1S/C12H15NO3/c1-12(2,3)8-6-4-5-7(10(13)14)9(8)11(15)16/h4-6H,1-3H3,(H2,13,14)(H,15,16). The van der Waals surface area contributed by atoms with E-state index in [4.69, 9.17) is 10.8 Å². The van der Waals surface area contributed by atoms with Crippen LogP contribution in [0.1, 0.15) is 47.1 Å². The summed E-state index contributed by atoms with van der Waals surface area (Å²) in [7, 11) is 0. The molecule has 0 aliphatic rings. The molecule has 1 aromatic rings. The van der Waals surface area contributed by atoms with Crippen molar-refractivity contribution in [2.45, 2.75) is 26.2 Å². The third kappa shape index (κ3) is 2.21. The molecular weight excluding hydrogens is 206 g/mol. The van der Waals surface area contributed by atoms with Crippen LogP contribution in [-0.4, -0.2) is 17.0 Å². The second-order valence-corrected chi connectivity index (χ2v) is 4.65. The lowest BCUT2D eigenvalue weighted by Gasteiger charge is -2.22. The number of carbonyl (C=O) groups is 2. The van der Waals surface area contributed by atoms with Gasteiger partial charge < -0.3 is 10.8 Å². The minimum Gasteiger partial charge on any atom is -0.478 e. The zero-order valence-corrected chi connectivity index (χ0v) is 9.57. The largest absolute Gasteiger partial charge is 0.478 e. The smallest absolute Gasteiger partial charge is 0.336 e. The number of nitrogens with two attached hydrogens (primary N) is 1. The number of hydrogen-bond acceptors (Lipinski definition) is 2. The van der Waals surface area contributed by atoms with E-state index in [2.05, 4.69) is 0 Å². The van der Waals surface area contributed by atoms with E-state index in [1.165, 1.54) is 6.07 Å². The number of carbonyl (C=O) groups excluding carboxylic acids is 1. The van der Waals surface area contributed by atoms with Crippen molar-refractivity contribution < 1.29 is 14.7 Å². The van der Waals surface area contributed by atoms with E-state index in [1.807, 2.05) is 20.8 Å². The van der Waals surface area contributed by atoms with Crippen LogP contribution in [0.5, 0.6) is 0 Å². The van der Waals surface area contributed by atoms with Crippen LogP contribution in [0, 0.1) is 0 Å². The summed E-state index contributed by atoms with van der Waals surface area (Å²) in [4.78, 5) is 22.4. The summed E-state index contributed by atoms with van der Waals surface area (Å²) >= 11 is 0. The summed E-state index contributed by atoms with van der Waals surface area (Å²) in [6, 6.07) is 4.78. The van der Waals surface area contributed by atoms with Gasteiger partial charge in [-0.05, 0) is 17.0 Å². The Kier molecular flexibility index (Phi) is 3.03. The molecule has 16 heavy (non-hydrogen) atoms. The van der Waals surface area contributed by atoms with Gasteiger partial charge in [0.05, 0.1) is 11.1 Å². The fourth-order valence-electron chi connectivity index (χ4n) is 1.61. The molecule has 1 rings (SSSR count). The van der Waals surface area contributed by atoms with E-state index >= 15 is 0 Å². The predicted octanol–water partition coefficient (Wildman–Crippen LogP) is 1.78. The Hall–Kier alpha value is -1.84. The average molecular weight is 221 g/mol. The molecular formula is C12H15NO3. The number of rotatable bonds is 2. The fraction of sp³-hybridized carbons (Fsp3) is 0.333. The highest BCUT2D eigenvalue weighted by molar-refractivity contribution is 6.05. The van der Waals surface area contributed by atoms with Crippen molar-refractivity contribution in [3.05, 3.63) is 34.9 Å². The summed E-state index contributed by atoms with van der Waals surface area (Å²) in [6.07, 6.45) is 0. The first-order valence-electron chi connectivity index (χ1n) is 4.91. The first-order chi connectivity index (χ1) is 7.25. The van der Waals surface area contributed by atoms with Gasteiger partial charge in [-0.15, -0.1) is 0 Å². The van der Waals surface area contributed by atoms with Gasteiger partial charge >= 0.3 is 5.97 Å². The Morgan fingerprint density at radius 3 is 2.19 bits per heavy atom. The van der Waals surface area contributed by atoms with Crippen molar-refractivity contribution >= 4 is 11.9 Å². The molecule has 0 aliphatic carbocycles. The number of aromatic carboxylic acids is 1. The van der Waals surface area contributed by atoms with E-state index in [9.17, 15) is 9.59 Å². The molecule has 0 fully saturated rings. The molecule has 4 nitrogen and oxygen atoms in total. The molecule has 0 atom stereocenters. The molecule has 0 bridgehead atoms. The van der Waals surface area contributed by atoms with Gasteiger partial charge in [-0.2, -0.15) is 0 Å². The molecule has 3 N–H and O–H groups in total. The monoisotopic (exact) mass is 221 g/mol. The minimum absolute atomic E-state index is 0.00231. The summed E-state index contributed by atoms with van der Waals surface area (Å²) in [5, 5.41) is 9.15. The SMILES string of the molecule is CC(C)(C)c1cccc(C(N)=O)c1C(=O)O. The van der Waals surface area contributed by atoms with E-state index in [1.54, 1.807) is 12.1 Å². The molecule has 0 saturated heterocycles. The first-order valence-corrected chi connectivity index (χ1v) is 4.91. The quantitative estimate of drug-likeness (QED) is 0.798. The van der Waals surface area contributed by atoms with Crippen molar-refractivity contribution in [2.24, 2.45) is 5.73 Å². The molecule has 0 aliphatic heterocycles. The van der Waals surface area contributed by atoms with Crippen LogP contribution < -0.4 is 5.73 Å². The van der Waals surface area contributed by atoms with Crippen LogP contribution in [0.4, 0.5) is 0 Å². The highest BCUT2D eigenvalue weighted by Gasteiger charge is 2.25. The molecule has 1 amide bonds.